The van der Waals surface area contributed by atoms with E-state index in [0.717, 1.165) is 73.0 Å². The number of carboxylic acids is 1. The van der Waals surface area contributed by atoms with Crippen LogP contribution in [-0.4, -0.2) is 137 Å². The van der Waals surface area contributed by atoms with Crippen LogP contribution in [0.5, 0.6) is 0 Å². The van der Waals surface area contributed by atoms with E-state index < -0.39 is 12.0 Å². The predicted molar refractivity (Wildman–Crippen MR) is 196 cm³/mol. The monoisotopic (exact) mass is 695 g/mol. The van der Waals surface area contributed by atoms with Crippen molar-refractivity contribution in [2.75, 3.05) is 70.8 Å². The minimum Gasteiger partial charge on any atom is -0.480 e. The van der Waals surface area contributed by atoms with Crippen LogP contribution in [0.1, 0.15) is 36.8 Å². The van der Waals surface area contributed by atoms with Gasteiger partial charge in [-0.05, 0) is 60.1 Å². The summed E-state index contributed by atoms with van der Waals surface area (Å²) >= 11 is 0. The van der Waals surface area contributed by atoms with Crippen LogP contribution in [0.3, 0.4) is 0 Å². The van der Waals surface area contributed by atoms with Crippen molar-refractivity contribution in [3.63, 3.8) is 0 Å². The lowest BCUT2D eigenvalue weighted by atomic mass is 9.96. The number of fused-ring (bicyclic) bond motifs is 2. The van der Waals surface area contributed by atoms with Crippen molar-refractivity contribution >= 4 is 40.4 Å². The molecule has 7 rings (SSSR count). The quantitative estimate of drug-likeness (QED) is 0.328. The number of para-hydroxylation sites is 1. The van der Waals surface area contributed by atoms with Gasteiger partial charge in [0.2, 0.25) is 5.91 Å². The topological polar surface area (TPSA) is 129 Å². The first-order valence-corrected chi connectivity index (χ1v) is 18.5. The van der Waals surface area contributed by atoms with E-state index in [1.165, 1.54) is 0 Å². The van der Waals surface area contributed by atoms with Crippen molar-refractivity contribution in [1.82, 2.24) is 29.8 Å². The van der Waals surface area contributed by atoms with Gasteiger partial charge in [0.15, 0.2) is 0 Å². The van der Waals surface area contributed by atoms with Gasteiger partial charge in [-0.15, -0.1) is 0 Å². The molecule has 0 saturated carbocycles. The average molecular weight is 696 g/mol. The smallest absolute Gasteiger partial charge is 0.322 e. The number of nitrogens with zero attached hydrogens (tertiary/aromatic N) is 5. The Morgan fingerprint density at radius 3 is 2.20 bits per heavy atom. The lowest BCUT2D eigenvalue weighted by Crippen LogP contribution is -2.58. The Balaban J connectivity index is 0.983. The summed E-state index contributed by atoms with van der Waals surface area (Å²) < 4.78 is 0. The molecule has 3 N–H and O–H groups in total. The number of hydrogen-bond donors (Lipinski definition) is 3. The SMILES string of the molecule is O=C(O)CN1CCN(C2CCN(C(=O)[C@H](Cc3cccc4ccccc34)NC(=O)N3CCC(N4CCc5ccccc5NC4=O)CC3)CC2)CC1. The molecule has 4 heterocycles. The molecule has 4 aliphatic rings. The van der Waals surface area contributed by atoms with Gasteiger partial charge in [-0.2, -0.15) is 0 Å². The van der Waals surface area contributed by atoms with Gasteiger partial charge in [0.1, 0.15) is 6.04 Å². The van der Waals surface area contributed by atoms with Crippen LogP contribution < -0.4 is 10.6 Å². The summed E-state index contributed by atoms with van der Waals surface area (Å²) in [5.41, 5.74) is 3.02. The summed E-state index contributed by atoms with van der Waals surface area (Å²) in [6.07, 6.45) is 4.23. The Morgan fingerprint density at radius 2 is 1.43 bits per heavy atom. The van der Waals surface area contributed by atoms with Gasteiger partial charge in [-0.3, -0.25) is 19.4 Å². The van der Waals surface area contributed by atoms with Crippen molar-refractivity contribution in [1.29, 1.82) is 0 Å². The van der Waals surface area contributed by atoms with Crippen LogP contribution in [0.25, 0.3) is 10.8 Å². The molecule has 0 radical (unpaired) electrons. The highest BCUT2D eigenvalue weighted by Gasteiger charge is 2.35. The van der Waals surface area contributed by atoms with E-state index >= 15 is 0 Å². The molecule has 0 aliphatic carbocycles. The molecule has 12 nitrogen and oxygen atoms in total. The Bertz CT molecular complexity index is 1720. The first kappa shape index (κ1) is 34.8. The molecule has 5 amide bonds. The summed E-state index contributed by atoms with van der Waals surface area (Å²) in [6.45, 7) is 6.11. The predicted octanol–water partition coefficient (Wildman–Crippen LogP) is 3.71. The number of hydrogen-bond acceptors (Lipinski definition) is 6. The maximum Gasteiger partial charge on any atom is 0.322 e. The molecule has 1 atom stereocenters. The standard InChI is InChI=1S/C39H49N7O5/c47-36(48)27-42-22-24-43(25-23-42)31-13-17-44(18-14-31)37(49)35(26-30-9-5-8-28-6-1-3-10-33(28)30)41-38(50)45-19-15-32(16-20-45)46-21-12-29-7-2-4-11-34(29)40-39(46)51/h1-11,31-32,35H,12-27H2,(H,40,51)(H,41,50)(H,47,48)/t35-/m0/s1. The number of nitrogens with one attached hydrogen (secondary N) is 2. The molecule has 3 saturated heterocycles. The summed E-state index contributed by atoms with van der Waals surface area (Å²) in [5.74, 6) is -0.852. The number of carbonyl (C=O) groups excluding carboxylic acids is 3. The normalized spacial score (nSPS) is 20.4. The largest absolute Gasteiger partial charge is 0.480 e. The van der Waals surface area contributed by atoms with Crippen molar-refractivity contribution in [3.8, 4) is 0 Å². The van der Waals surface area contributed by atoms with Gasteiger partial charge < -0.3 is 30.4 Å². The first-order chi connectivity index (χ1) is 24.8. The summed E-state index contributed by atoms with van der Waals surface area (Å²) in [5, 5.41) is 17.5. The second kappa shape index (κ2) is 15.7. The number of carbonyl (C=O) groups is 4. The lowest BCUT2D eigenvalue weighted by molar-refractivity contribution is -0.138. The zero-order chi connectivity index (χ0) is 35.3. The van der Waals surface area contributed by atoms with Crippen molar-refractivity contribution in [2.24, 2.45) is 0 Å². The number of likely N-dealkylation sites (tertiary alicyclic amines) is 2. The van der Waals surface area contributed by atoms with E-state index in [4.69, 9.17) is 5.11 Å². The number of piperidine rings is 2. The molecular formula is C39H49N7O5. The highest BCUT2D eigenvalue weighted by molar-refractivity contribution is 5.92. The van der Waals surface area contributed by atoms with E-state index in [1.54, 1.807) is 4.90 Å². The van der Waals surface area contributed by atoms with Gasteiger partial charge in [0.05, 0.1) is 6.54 Å². The Kier molecular flexibility index (Phi) is 10.7. The Hall–Kier alpha value is -4.68. The van der Waals surface area contributed by atoms with Crippen LogP contribution >= 0.6 is 0 Å². The average Bonchev–Trinajstić information content (AvgIpc) is 3.32. The summed E-state index contributed by atoms with van der Waals surface area (Å²) in [7, 11) is 0. The van der Waals surface area contributed by atoms with Crippen molar-refractivity contribution in [2.45, 2.75) is 56.7 Å². The van der Waals surface area contributed by atoms with E-state index in [-0.39, 0.29) is 30.6 Å². The Morgan fingerprint density at radius 1 is 0.765 bits per heavy atom. The van der Waals surface area contributed by atoms with E-state index in [2.05, 4.69) is 39.8 Å². The van der Waals surface area contributed by atoms with Crippen LogP contribution in [-0.2, 0) is 22.4 Å². The molecule has 3 aromatic carbocycles. The second-order valence-electron chi connectivity index (χ2n) is 14.4. The van der Waals surface area contributed by atoms with Crippen LogP contribution in [0.4, 0.5) is 15.3 Å². The molecule has 0 aromatic heterocycles. The summed E-state index contributed by atoms with van der Waals surface area (Å²) in [4.78, 5) is 62.4. The molecule has 51 heavy (non-hydrogen) atoms. The maximum atomic E-state index is 14.3. The Labute approximate surface area is 299 Å². The number of anilines is 1. The molecular weight excluding hydrogens is 646 g/mol. The fourth-order valence-electron chi connectivity index (χ4n) is 8.40. The number of rotatable bonds is 8. The molecule has 3 aromatic rings. The number of urea groups is 2. The van der Waals surface area contributed by atoms with Gasteiger partial charge in [0.25, 0.3) is 0 Å². The van der Waals surface area contributed by atoms with Crippen LogP contribution in [0.15, 0.2) is 66.7 Å². The molecule has 270 valence electrons. The van der Waals surface area contributed by atoms with Crippen LogP contribution in [0, 0.1) is 0 Å². The number of benzene rings is 3. The zero-order valence-electron chi connectivity index (χ0n) is 29.2. The third kappa shape index (κ3) is 8.12. The minimum absolute atomic E-state index is 0.0397. The summed E-state index contributed by atoms with van der Waals surface area (Å²) in [6, 6.07) is 21.5. The number of amides is 5. The highest BCUT2D eigenvalue weighted by atomic mass is 16.4. The molecule has 3 fully saturated rings. The maximum absolute atomic E-state index is 14.3. The van der Waals surface area contributed by atoms with E-state index in [0.29, 0.717) is 58.0 Å². The third-order valence-corrected chi connectivity index (χ3v) is 11.3. The molecule has 0 unspecified atom stereocenters. The fourth-order valence-corrected chi connectivity index (χ4v) is 8.40. The lowest BCUT2D eigenvalue weighted by Gasteiger charge is -2.43. The molecule has 12 heteroatoms. The van der Waals surface area contributed by atoms with E-state index in [1.807, 2.05) is 57.2 Å². The van der Waals surface area contributed by atoms with Gasteiger partial charge in [-0.1, -0.05) is 60.7 Å². The number of carboxylic acid groups (broad SMARTS) is 1. The van der Waals surface area contributed by atoms with Gasteiger partial charge >= 0.3 is 18.0 Å². The van der Waals surface area contributed by atoms with Crippen molar-refractivity contribution in [3.05, 3.63) is 77.9 Å². The number of piperazine rings is 1. The van der Waals surface area contributed by atoms with E-state index in [9.17, 15) is 19.2 Å². The van der Waals surface area contributed by atoms with Crippen molar-refractivity contribution < 1.29 is 24.3 Å². The zero-order valence-corrected chi connectivity index (χ0v) is 29.2. The molecule has 0 spiro atoms. The second-order valence-corrected chi connectivity index (χ2v) is 14.4. The fraction of sp³-hybridized carbons (Fsp3) is 0.487. The third-order valence-electron chi connectivity index (χ3n) is 11.3. The highest BCUT2D eigenvalue weighted by Crippen LogP contribution is 2.26. The molecule has 4 aliphatic heterocycles. The molecule has 0 bridgehead atoms. The first-order valence-electron chi connectivity index (χ1n) is 18.5. The van der Waals surface area contributed by atoms with Crippen LogP contribution in [0.2, 0.25) is 0 Å². The van der Waals surface area contributed by atoms with Gasteiger partial charge in [-0.25, -0.2) is 9.59 Å². The minimum atomic E-state index is -0.793. The van der Waals surface area contributed by atoms with Gasteiger partial charge in [0, 0.05) is 83.1 Å². The number of aliphatic carboxylic acids is 1.